The minimum absolute atomic E-state index is 0.0249. The van der Waals surface area contributed by atoms with Gasteiger partial charge in [-0.05, 0) is 67.8 Å². The maximum Gasteiger partial charge on any atom is 0.335 e. The fraction of sp³-hybridized carbons (Fsp3) is 0.167. The lowest BCUT2D eigenvalue weighted by Gasteiger charge is -2.17. The number of carbonyl (C=O) groups is 2. The zero-order valence-electron chi connectivity index (χ0n) is 20.8. The zero-order chi connectivity index (χ0) is 26.8. The van der Waals surface area contributed by atoms with Crippen LogP contribution in [0.1, 0.15) is 39.5 Å². The molecule has 0 aliphatic heterocycles. The van der Waals surface area contributed by atoms with Crippen molar-refractivity contribution in [3.05, 3.63) is 107 Å². The van der Waals surface area contributed by atoms with Gasteiger partial charge in [-0.3, -0.25) is 4.79 Å². The lowest BCUT2D eigenvalue weighted by atomic mass is 10.0. The number of allylic oxidation sites excluding steroid dienone is 1. The van der Waals surface area contributed by atoms with Crippen molar-refractivity contribution in [2.24, 2.45) is 0 Å². The van der Waals surface area contributed by atoms with E-state index in [0.29, 0.717) is 36.7 Å². The number of rotatable bonds is 11. The summed E-state index contributed by atoms with van der Waals surface area (Å²) in [5, 5.41) is 21.4. The van der Waals surface area contributed by atoms with Crippen LogP contribution in [0.4, 0.5) is 5.69 Å². The van der Waals surface area contributed by atoms with Crippen LogP contribution in [0.25, 0.3) is 6.08 Å². The third-order valence-electron chi connectivity index (χ3n) is 5.37. The zero-order valence-corrected chi connectivity index (χ0v) is 20.8. The number of carbonyl (C=O) groups excluding carboxylic acids is 1. The van der Waals surface area contributed by atoms with Crippen LogP contribution >= 0.6 is 0 Å². The van der Waals surface area contributed by atoms with Gasteiger partial charge in [-0.2, -0.15) is 5.26 Å². The molecule has 37 heavy (non-hydrogen) atoms. The van der Waals surface area contributed by atoms with E-state index in [1.54, 1.807) is 18.2 Å². The van der Waals surface area contributed by atoms with Gasteiger partial charge in [-0.15, -0.1) is 6.58 Å². The molecular formula is C30H28N2O5. The predicted octanol–water partition coefficient (Wildman–Crippen LogP) is 5.95. The summed E-state index contributed by atoms with van der Waals surface area (Å²) in [6.07, 6.45) is 3.68. The van der Waals surface area contributed by atoms with Crippen molar-refractivity contribution in [3.63, 3.8) is 0 Å². The Kier molecular flexibility index (Phi) is 9.23. The molecule has 0 saturated heterocycles. The van der Waals surface area contributed by atoms with Crippen molar-refractivity contribution in [1.82, 2.24) is 0 Å². The lowest BCUT2D eigenvalue weighted by molar-refractivity contribution is -0.112. The number of benzene rings is 3. The molecule has 0 bridgehead atoms. The number of carboxylic acids is 1. The number of hydrogen-bond donors (Lipinski definition) is 2. The SMILES string of the molecule is C=CCc1cc(/C=C(/C#N)C(=O)Nc2cccc(C(=O)O)c2)cc(OCC)c1OCc1ccc(C)cc1. The van der Waals surface area contributed by atoms with Gasteiger partial charge in [0, 0.05) is 11.3 Å². The molecule has 0 aliphatic carbocycles. The molecule has 2 N–H and O–H groups in total. The van der Waals surface area contributed by atoms with Gasteiger partial charge >= 0.3 is 5.97 Å². The van der Waals surface area contributed by atoms with E-state index in [1.807, 2.05) is 50.2 Å². The molecule has 7 nitrogen and oxygen atoms in total. The van der Waals surface area contributed by atoms with Gasteiger partial charge < -0.3 is 19.9 Å². The Morgan fingerprint density at radius 3 is 2.51 bits per heavy atom. The number of nitrogens with one attached hydrogen (secondary N) is 1. The summed E-state index contributed by atoms with van der Waals surface area (Å²) in [6.45, 7) is 8.46. The molecule has 0 radical (unpaired) electrons. The summed E-state index contributed by atoms with van der Waals surface area (Å²) in [6, 6.07) is 19.3. The Morgan fingerprint density at radius 1 is 1.11 bits per heavy atom. The van der Waals surface area contributed by atoms with E-state index in [1.165, 1.54) is 24.3 Å². The summed E-state index contributed by atoms with van der Waals surface area (Å²) >= 11 is 0. The molecule has 0 spiro atoms. The third kappa shape index (κ3) is 7.33. The van der Waals surface area contributed by atoms with Gasteiger partial charge in [0.05, 0.1) is 12.2 Å². The number of ether oxygens (including phenoxy) is 2. The van der Waals surface area contributed by atoms with Crippen LogP contribution in [0.2, 0.25) is 0 Å². The highest BCUT2D eigenvalue weighted by Gasteiger charge is 2.16. The van der Waals surface area contributed by atoms with Crippen LogP contribution in [0.15, 0.2) is 78.9 Å². The minimum Gasteiger partial charge on any atom is -0.490 e. The first-order valence-electron chi connectivity index (χ1n) is 11.7. The Balaban J connectivity index is 1.92. The van der Waals surface area contributed by atoms with Crippen molar-refractivity contribution in [2.45, 2.75) is 26.9 Å². The first-order valence-corrected chi connectivity index (χ1v) is 11.7. The number of nitrogens with zero attached hydrogens (tertiary/aromatic N) is 1. The summed E-state index contributed by atoms with van der Waals surface area (Å²) in [5.74, 6) is -0.706. The monoisotopic (exact) mass is 496 g/mol. The Bertz CT molecular complexity index is 1370. The second-order valence-electron chi connectivity index (χ2n) is 8.22. The van der Waals surface area contributed by atoms with Gasteiger partial charge in [0.2, 0.25) is 0 Å². The quantitative estimate of drug-likeness (QED) is 0.193. The number of carboxylic acid groups (broad SMARTS) is 1. The second-order valence-corrected chi connectivity index (χ2v) is 8.22. The molecule has 3 aromatic carbocycles. The number of aryl methyl sites for hydroxylation is 1. The van der Waals surface area contributed by atoms with Crippen LogP contribution in [0.3, 0.4) is 0 Å². The first-order chi connectivity index (χ1) is 17.8. The van der Waals surface area contributed by atoms with Crippen molar-refractivity contribution in [3.8, 4) is 17.6 Å². The summed E-state index contributed by atoms with van der Waals surface area (Å²) < 4.78 is 12.0. The molecule has 0 aliphatic rings. The van der Waals surface area contributed by atoms with Gasteiger partial charge in [0.25, 0.3) is 5.91 Å². The van der Waals surface area contributed by atoms with E-state index >= 15 is 0 Å². The van der Waals surface area contributed by atoms with Gasteiger partial charge in [0.1, 0.15) is 18.2 Å². The number of aromatic carboxylic acids is 1. The molecule has 0 fully saturated rings. The standard InChI is InChI=1S/C30H28N2O5/c1-4-7-23-14-22(15-25(18-31)29(33)32-26-9-6-8-24(17-26)30(34)35)16-27(36-5-2)28(23)37-19-21-12-10-20(3)11-13-21/h4,6,8-17H,1,5,7,19H2,2-3H3,(H,32,33)(H,34,35)/b25-15-. The van der Waals surface area contributed by atoms with Crippen molar-refractivity contribution in [2.75, 3.05) is 11.9 Å². The maximum atomic E-state index is 12.8. The van der Waals surface area contributed by atoms with Crippen molar-refractivity contribution in [1.29, 1.82) is 5.26 Å². The molecule has 7 heteroatoms. The van der Waals surface area contributed by atoms with Gasteiger partial charge in [-0.25, -0.2) is 4.79 Å². The first kappa shape index (κ1) is 26.8. The smallest absolute Gasteiger partial charge is 0.335 e. The van der Waals surface area contributed by atoms with E-state index in [2.05, 4.69) is 11.9 Å². The van der Waals surface area contributed by atoms with E-state index in [9.17, 15) is 14.9 Å². The molecular weight excluding hydrogens is 468 g/mol. The normalized spacial score (nSPS) is 10.8. The summed E-state index contributed by atoms with van der Waals surface area (Å²) in [5.41, 5.74) is 3.69. The van der Waals surface area contributed by atoms with Gasteiger partial charge in [0.15, 0.2) is 11.5 Å². The minimum atomic E-state index is -1.12. The summed E-state index contributed by atoms with van der Waals surface area (Å²) in [7, 11) is 0. The predicted molar refractivity (Wildman–Crippen MR) is 143 cm³/mol. The molecule has 0 aromatic heterocycles. The molecule has 188 valence electrons. The average molecular weight is 497 g/mol. The fourth-order valence-corrected chi connectivity index (χ4v) is 3.58. The topological polar surface area (TPSA) is 109 Å². The van der Waals surface area contributed by atoms with E-state index in [-0.39, 0.29) is 16.8 Å². The molecule has 0 heterocycles. The highest BCUT2D eigenvalue weighted by Crippen LogP contribution is 2.35. The van der Waals surface area contributed by atoms with Gasteiger partial charge in [-0.1, -0.05) is 42.0 Å². The molecule has 3 aromatic rings. The summed E-state index contributed by atoms with van der Waals surface area (Å²) in [4.78, 5) is 24.0. The molecule has 0 saturated carbocycles. The second kappa shape index (κ2) is 12.8. The average Bonchev–Trinajstić information content (AvgIpc) is 2.88. The van der Waals surface area contributed by atoms with E-state index in [4.69, 9.17) is 14.6 Å². The maximum absolute atomic E-state index is 12.8. The van der Waals surface area contributed by atoms with Crippen LogP contribution in [-0.2, 0) is 17.8 Å². The Hall–Kier alpha value is -4.83. The molecule has 1 amide bonds. The van der Waals surface area contributed by atoms with Crippen LogP contribution in [0.5, 0.6) is 11.5 Å². The Morgan fingerprint density at radius 2 is 1.86 bits per heavy atom. The highest BCUT2D eigenvalue weighted by molar-refractivity contribution is 6.10. The van der Waals surface area contributed by atoms with E-state index in [0.717, 1.165) is 16.7 Å². The van der Waals surface area contributed by atoms with Crippen molar-refractivity contribution >= 4 is 23.6 Å². The number of amides is 1. The third-order valence-corrected chi connectivity index (χ3v) is 5.37. The Labute approximate surface area is 216 Å². The highest BCUT2D eigenvalue weighted by atomic mass is 16.5. The number of anilines is 1. The van der Waals surface area contributed by atoms with Crippen molar-refractivity contribution < 1.29 is 24.2 Å². The van der Waals surface area contributed by atoms with Crippen LogP contribution in [0, 0.1) is 18.3 Å². The number of hydrogen-bond acceptors (Lipinski definition) is 5. The van der Waals surface area contributed by atoms with E-state index < -0.39 is 11.9 Å². The lowest BCUT2D eigenvalue weighted by Crippen LogP contribution is -2.14. The largest absolute Gasteiger partial charge is 0.490 e. The molecule has 0 atom stereocenters. The van der Waals surface area contributed by atoms with Crippen LogP contribution < -0.4 is 14.8 Å². The number of nitriles is 1. The van der Waals surface area contributed by atoms with Crippen LogP contribution in [-0.4, -0.2) is 23.6 Å². The fourth-order valence-electron chi connectivity index (χ4n) is 3.58. The molecule has 0 unspecified atom stereocenters. The molecule has 3 rings (SSSR count).